The van der Waals surface area contributed by atoms with Crippen molar-refractivity contribution in [1.29, 1.82) is 16.2 Å². The van der Waals surface area contributed by atoms with E-state index in [1.54, 1.807) is 48.5 Å². The van der Waals surface area contributed by atoms with Crippen molar-refractivity contribution in [2.45, 2.75) is 56.7 Å². The van der Waals surface area contributed by atoms with Gasteiger partial charge in [0.15, 0.2) is 10.3 Å². The van der Waals surface area contributed by atoms with Crippen molar-refractivity contribution in [1.82, 2.24) is 10.6 Å². The van der Waals surface area contributed by atoms with Gasteiger partial charge in [-0.05, 0) is 53.3 Å². The van der Waals surface area contributed by atoms with E-state index in [1.165, 1.54) is 0 Å². The largest absolute Gasteiger partial charge is 0.481 e. The Hall–Kier alpha value is -4.01. The number of carboxylic acids is 2. The van der Waals surface area contributed by atoms with Crippen LogP contribution in [0.2, 0.25) is 0 Å². The van der Waals surface area contributed by atoms with Crippen LogP contribution < -0.4 is 16.4 Å². The highest BCUT2D eigenvalue weighted by Crippen LogP contribution is 2.16. The van der Waals surface area contributed by atoms with Crippen LogP contribution in [-0.2, 0) is 44.9 Å². The van der Waals surface area contributed by atoms with Gasteiger partial charge in [-0.25, -0.2) is 0 Å². The number of rotatable bonds is 14. The molecule has 0 radical (unpaired) electrons. The summed E-state index contributed by atoms with van der Waals surface area (Å²) < 4.78 is 0. The number of thioether (sulfide) groups is 2. The third-order valence-corrected chi connectivity index (χ3v) is 7.20. The van der Waals surface area contributed by atoms with Crippen LogP contribution in [0.15, 0.2) is 48.5 Å². The Balaban J connectivity index is 1.62. The molecule has 2 amide bonds. The molecule has 42 heavy (non-hydrogen) atoms. The van der Waals surface area contributed by atoms with E-state index in [9.17, 15) is 19.2 Å². The second kappa shape index (κ2) is 17.7. The van der Waals surface area contributed by atoms with Crippen molar-refractivity contribution in [2.24, 2.45) is 5.73 Å². The number of amidine groups is 2. The lowest BCUT2D eigenvalue weighted by molar-refractivity contribution is -0.137. The third kappa shape index (κ3) is 14.6. The molecule has 2 rings (SSSR count). The number of unbranched alkanes of at least 4 members (excludes halogenated alkanes) is 1. The topological polar surface area (TPSA) is 230 Å². The van der Waals surface area contributed by atoms with Gasteiger partial charge in [-0.15, -0.1) is 0 Å². The molecule has 12 nitrogen and oxygen atoms in total. The van der Waals surface area contributed by atoms with Crippen molar-refractivity contribution in [3.05, 3.63) is 70.8 Å². The van der Waals surface area contributed by atoms with Crippen molar-refractivity contribution in [3.63, 3.8) is 0 Å². The van der Waals surface area contributed by atoms with Crippen molar-refractivity contribution in [2.75, 3.05) is 0 Å². The quantitative estimate of drug-likeness (QED) is 0.0675. The second-order valence-corrected chi connectivity index (χ2v) is 11.7. The van der Waals surface area contributed by atoms with Crippen molar-refractivity contribution < 1.29 is 29.4 Å². The molecule has 0 saturated heterocycles. The number of benzene rings is 2. The summed E-state index contributed by atoms with van der Waals surface area (Å²) in [5.74, 6) is -2.76. The Bertz CT molecular complexity index is 1340. The van der Waals surface area contributed by atoms with Crippen LogP contribution in [0, 0.1) is 16.2 Å². The van der Waals surface area contributed by atoms with Crippen LogP contribution in [0.1, 0.15) is 47.9 Å². The zero-order valence-electron chi connectivity index (χ0n) is 22.8. The first-order valence-corrected chi connectivity index (χ1v) is 14.6. The molecule has 2 aromatic rings. The lowest BCUT2D eigenvalue weighted by Crippen LogP contribution is -2.32. The van der Waals surface area contributed by atoms with Gasteiger partial charge in [-0.2, -0.15) is 0 Å². The van der Waals surface area contributed by atoms with Crippen molar-refractivity contribution >= 4 is 62.7 Å². The van der Waals surface area contributed by atoms with E-state index in [0.29, 0.717) is 47.9 Å². The van der Waals surface area contributed by atoms with Crippen LogP contribution in [0.4, 0.5) is 0 Å². The number of aliphatic carboxylic acids is 2. The van der Waals surface area contributed by atoms with E-state index < -0.39 is 29.1 Å². The highest BCUT2D eigenvalue weighted by molar-refractivity contribution is 8.26. The molecule has 1 atom stereocenters. The highest BCUT2D eigenvalue weighted by Gasteiger charge is 2.13. The van der Waals surface area contributed by atoms with E-state index in [-0.39, 0.29) is 41.1 Å². The lowest BCUT2D eigenvalue weighted by atomic mass is 10.1. The second-order valence-electron chi connectivity index (χ2n) is 9.32. The number of carboxylic acid groups (broad SMARTS) is 2. The first-order valence-electron chi connectivity index (χ1n) is 12.9. The summed E-state index contributed by atoms with van der Waals surface area (Å²) in [4.78, 5) is 46.2. The van der Waals surface area contributed by atoms with E-state index in [4.69, 9.17) is 32.2 Å². The fraction of sp³-hybridized carbons (Fsp3) is 0.321. The zero-order chi connectivity index (χ0) is 31.1. The normalized spacial score (nSPS) is 11.3. The van der Waals surface area contributed by atoms with Crippen LogP contribution in [0.25, 0.3) is 0 Å². The molecule has 0 heterocycles. The van der Waals surface area contributed by atoms with Crippen LogP contribution in [0.5, 0.6) is 0 Å². The summed E-state index contributed by atoms with van der Waals surface area (Å²) in [7, 11) is 0. The van der Waals surface area contributed by atoms with Gasteiger partial charge in [0.05, 0.1) is 36.1 Å². The maximum absolute atomic E-state index is 12.3. The van der Waals surface area contributed by atoms with Gasteiger partial charge in [-0.3, -0.25) is 35.4 Å². The summed E-state index contributed by atoms with van der Waals surface area (Å²) in [5.41, 5.74) is 8.50. The number of carbonyl (C=O) groups is 4. The number of hydrogen-bond donors (Lipinski definition) is 8. The van der Waals surface area contributed by atoms with Gasteiger partial charge in [0.1, 0.15) is 0 Å². The fourth-order valence-electron chi connectivity index (χ4n) is 3.83. The first-order chi connectivity index (χ1) is 19.9. The Morgan fingerprint density at radius 3 is 1.67 bits per heavy atom. The molecule has 0 bridgehead atoms. The van der Waals surface area contributed by atoms with Crippen LogP contribution in [0.3, 0.4) is 0 Å². The summed E-state index contributed by atoms with van der Waals surface area (Å²) in [6, 6.07) is 13.4. The minimum atomic E-state index is -0.965. The van der Waals surface area contributed by atoms with Gasteiger partial charge < -0.3 is 26.6 Å². The van der Waals surface area contributed by atoms with Crippen LogP contribution in [-0.4, -0.2) is 54.7 Å². The van der Waals surface area contributed by atoms with Gasteiger partial charge in [-0.1, -0.05) is 66.7 Å². The van der Waals surface area contributed by atoms with Crippen molar-refractivity contribution in [3.8, 4) is 0 Å². The smallest absolute Gasteiger partial charge is 0.307 e. The van der Waals surface area contributed by atoms with Gasteiger partial charge in [0.25, 0.3) is 0 Å². The zero-order valence-corrected chi connectivity index (χ0v) is 24.4. The predicted molar refractivity (Wildman–Crippen MR) is 164 cm³/mol. The van der Waals surface area contributed by atoms with E-state index in [1.807, 2.05) is 0 Å². The minimum absolute atomic E-state index is 0.000847. The molecular weight excluding hydrogens is 580 g/mol. The molecule has 0 saturated carbocycles. The fourth-order valence-corrected chi connectivity index (χ4v) is 5.25. The van der Waals surface area contributed by atoms with E-state index in [2.05, 4.69) is 10.6 Å². The summed E-state index contributed by atoms with van der Waals surface area (Å²) in [6.45, 7) is 0. The predicted octanol–water partition coefficient (Wildman–Crippen LogP) is 3.12. The molecule has 0 fully saturated rings. The summed E-state index contributed by atoms with van der Waals surface area (Å²) >= 11 is 1.85. The number of nitrogens with one attached hydrogen (secondary N) is 5. The average molecular weight is 615 g/mol. The standard InChI is InChI=1S/C28H34N6O6S2/c29-21(41-27(31)33-23(35)13-17-5-3-7-19(11-17)15-25(37)38)9-1-2-10-22(30)42-28(32)34-24(36)14-18-6-4-8-20(12-18)16-26(39)40/h3-8,11-12,21,30H,1-2,9-10,13-16,29H2,(H,37,38)(H,39,40)(H2,31,33,35)(H2,32,34,36). The molecule has 2 aromatic carbocycles. The monoisotopic (exact) mass is 614 g/mol. The molecule has 1 unspecified atom stereocenters. The Morgan fingerprint density at radius 2 is 1.19 bits per heavy atom. The minimum Gasteiger partial charge on any atom is -0.481 e. The molecule has 0 spiro atoms. The van der Waals surface area contributed by atoms with Gasteiger partial charge in [0, 0.05) is 0 Å². The maximum atomic E-state index is 12.3. The average Bonchev–Trinajstić information content (AvgIpc) is 2.85. The molecule has 0 aromatic heterocycles. The SMILES string of the molecule is N=C(CCCCC(N)SC(=N)NC(=O)Cc1cccc(CC(=O)O)c1)SC(=N)NC(=O)Cc1cccc(CC(=O)O)c1. The third-order valence-electron chi connectivity index (χ3n) is 5.57. The molecule has 9 N–H and O–H groups in total. The number of nitrogens with two attached hydrogens (primary N) is 1. The Kier molecular flexibility index (Phi) is 14.4. The van der Waals surface area contributed by atoms with Gasteiger partial charge in [0.2, 0.25) is 11.8 Å². The number of carbonyl (C=O) groups excluding carboxylic acids is 2. The molecule has 14 heteroatoms. The molecular formula is C28H34N6O6S2. The molecule has 0 aliphatic carbocycles. The first kappa shape index (κ1) is 34.2. The Morgan fingerprint density at radius 1 is 0.738 bits per heavy atom. The lowest BCUT2D eigenvalue weighted by Gasteiger charge is -2.13. The molecule has 0 aliphatic rings. The highest BCUT2D eigenvalue weighted by atomic mass is 32.2. The Labute approximate surface area is 251 Å². The van der Waals surface area contributed by atoms with E-state index in [0.717, 1.165) is 23.5 Å². The number of amides is 2. The summed E-state index contributed by atoms with van der Waals surface area (Å²) in [5, 5.41) is 46.2. The molecule has 0 aliphatic heterocycles. The molecule has 224 valence electrons. The maximum Gasteiger partial charge on any atom is 0.307 e. The summed E-state index contributed by atoms with van der Waals surface area (Å²) in [6.07, 6.45) is 1.89. The van der Waals surface area contributed by atoms with E-state index >= 15 is 0 Å². The van der Waals surface area contributed by atoms with Crippen LogP contribution >= 0.6 is 23.5 Å². The van der Waals surface area contributed by atoms with Gasteiger partial charge >= 0.3 is 11.9 Å². The number of hydrogen-bond acceptors (Lipinski definition) is 10.